The van der Waals surface area contributed by atoms with Crippen molar-refractivity contribution in [1.29, 1.82) is 0 Å². The van der Waals surface area contributed by atoms with Gasteiger partial charge in [0.1, 0.15) is 11.4 Å². The number of hydrogen-bond acceptors (Lipinski definition) is 8. The predicted molar refractivity (Wildman–Crippen MR) is 180 cm³/mol. The minimum Gasteiger partial charge on any atom is -0.508 e. The molecule has 0 saturated carbocycles. The lowest BCUT2D eigenvalue weighted by Crippen LogP contribution is -2.49. The van der Waals surface area contributed by atoms with Crippen LogP contribution in [0.3, 0.4) is 0 Å². The average Bonchev–Trinajstić information content (AvgIpc) is 3.51. The Bertz CT molecular complexity index is 1440. The van der Waals surface area contributed by atoms with E-state index >= 15 is 0 Å². The molecular formula is C29H39Cl4N7O4. The smallest absolute Gasteiger partial charge is 0.333 e. The standard InChI is InChI=1S/C29H35N7O4.4ClH/c1-18(2)35-10-8-34(9-11-35)17-20-16-19(6-7-23(20)37)26-25-27(32-31-26)21-4-3-5-22(24(21)28(25)38)30-29(39)33-36-12-14-40-15-13-36;;;;/h3-7,16,18,37H,8-15,17H2,1-2H3,(H,31,32)(H2,30,33,39);4*1H. The molecule has 2 aliphatic heterocycles. The second-order valence-corrected chi connectivity index (χ2v) is 10.8. The van der Waals surface area contributed by atoms with Crippen LogP contribution in [0, 0.1) is 0 Å². The summed E-state index contributed by atoms with van der Waals surface area (Å²) in [5.41, 5.74) is 7.59. The van der Waals surface area contributed by atoms with Crippen LogP contribution < -0.4 is 10.7 Å². The lowest BCUT2D eigenvalue weighted by molar-refractivity contribution is 0.0207. The zero-order chi connectivity index (χ0) is 27.8. The molecule has 2 saturated heterocycles. The number of urea groups is 1. The summed E-state index contributed by atoms with van der Waals surface area (Å²) in [5.74, 6) is 0.0325. The van der Waals surface area contributed by atoms with E-state index in [2.05, 4.69) is 44.6 Å². The fourth-order valence-electron chi connectivity index (χ4n) is 5.71. The number of halogens is 4. The van der Waals surface area contributed by atoms with Crippen LogP contribution in [0.25, 0.3) is 22.5 Å². The summed E-state index contributed by atoms with van der Waals surface area (Å²) in [4.78, 5) is 31.3. The molecule has 242 valence electrons. The Balaban J connectivity index is 0.00000169. The molecule has 3 aromatic rings. The summed E-state index contributed by atoms with van der Waals surface area (Å²) in [7, 11) is 0. The zero-order valence-electron chi connectivity index (χ0n) is 24.5. The van der Waals surface area contributed by atoms with Crippen molar-refractivity contribution in [3.8, 4) is 28.3 Å². The van der Waals surface area contributed by atoms with E-state index in [1.54, 1.807) is 23.2 Å². The number of phenols is 1. The highest BCUT2D eigenvalue weighted by atomic mass is 35.5. The highest BCUT2D eigenvalue weighted by molar-refractivity contribution is 6.26. The molecule has 3 aliphatic rings. The predicted octanol–water partition coefficient (Wildman–Crippen LogP) is 4.58. The molecular weight excluding hydrogens is 652 g/mol. The number of aromatic nitrogens is 2. The quantitative estimate of drug-likeness (QED) is 0.232. The minimum atomic E-state index is -0.408. The van der Waals surface area contributed by atoms with E-state index in [1.165, 1.54) is 0 Å². The number of ether oxygens (including phenoxy) is 1. The van der Waals surface area contributed by atoms with Gasteiger partial charge in [-0.05, 0) is 38.1 Å². The third-order valence-corrected chi connectivity index (χ3v) is 7.96. The molecule has 3 heterocycles. The Hall–Kier alpha value is -2.61. The molecule has 1 aromatic heterocycles. The van der Waals surface area contributed by atoms with Crippen LogP contribution in [-0.2, 0) is 11.3 Å². The van der Waals surface area contributed by atoms with E-state index in [1.807, 2.05) is 18.2 Å². The molecule has 6 rings (SSSR count). The van der Waals surface area contributed by atoms with Crippen LogP contribution in [-0.4, -0.2) is 100 Å². The number of amides is 2. The Morgan fingerprint density at radius 2 is 1.70 bits per heavy atom. The fraction of sp³-hybridized carbons (Fsp3) is 0.414. The average molecular weight is 691 g/mol. The number of nitrogens with one attached hydrogen (secondary N) is 3. The van der Waals surface area contributed by atoms with Crippen molar-refractivity contribution in [1.82, 2.24) is 30.4 Å². The van der Waals surface area contributed by atoms with E-state index < -0.39 is 6.03 Å². The number of morpholine rings is 1. The van der Waals surface area contributed by atoms with E-state index in [4.69, 9.17) is 4.74 Å². The second kappa shape index (κ2) is 16.1. The van der Waals surface area contributed by atoms with Crippen molar-refractivity contribution < 1.29 is 19.4 Å². The first-order chi connectivity index (χ1) is 19.4. The van der Waals surface area contributed by atoms with Crippen molar-refractivity contribution in [3.05, 3.63) is 53.1 Å². The Labute approximate surface area is 281 Å². The van der Waals surface area contributed by atoms with Crippen LogP contribution in [0.4, 0.5) is 10.5 Å². The number of phenolic OH excluding ortho intramolecular Hbond substituents is 1. The van der Waals surface area contributed by atoms with Crippen molar-refractivity contribution >= 4 is 67.1 Å². The Morgan fingerprint density at radius 3 is 2.39 bits per heavy atom. The van der Waals surface area contributed by atoms with Crippen molar-refractivity contribution in [3.63, 3.8) is 0 Å². The fourth-order valence-corrected chi connectivity index (χ4v) is 5.71. The maximum atomic E-state index is 13.8. The van der Waals surface area contributed by atoms with Crippen LogP contribution in [0.2, 0.25) is 0 Å². The van der Waals surface area contributed by atoms with E-state index in [9.17, 15) is 14.7 Å². The number of carbonyl (C=O) groups is 2. The minimum absolute atomic E-state index is 0. The van der Waals surface area contributed by atoms with Gasteiger partial charge in [-0.2, -0.15) is 5.10 Å². The molecule has 0 spiro atoms. The summed E-state index contributed by atoms with van der Waals surface area (Å²) in [6.07, 6.45) is 0. The SMILES string of the molecule is CC(C)N1CCN(Cc2cc(-c3n[nH]c4c3C(=O)c3c(NC(=O)NN5CCOCC5)cccc3-4)ccc2O)CC1.Cl.Cl.Cl.Cl. The number of benzene rings is 2. The molecule has 2 aromatic carbocycles. The van der Waals surface area contributed by atoms with Gasteiger partial charge in [0.15, 0.2) is 5.78 Å². The molecule has 2 fully saturated rings. The summed E-state index contributed by atoms with van der Waals surface area (Å²) < 4.78 is 5.33. The lowest BCUT2D eigenvalue weighted by Gasteiger charge is -2.37. The third kappa shape index (κ3) is 7.60. The number of piperazine rings is 1. The number of ketones is 1. The van der Waals surface area contributed by atoms with Gasteiger partial charge in [0.2, 0.25) is 0 Å². The monoisotopic (exact) mass is 689 g/mol. The number of fused-ring (bicyclic) bond motifs is 3. The number of aromatic amines is 1. The van der Waals surface area contributed by atoms with Gasteiger partial charge in [-0.15, -0.1) is 49.6 Å². The maximum Gasteiger partial charge on any atom is 0.333 e. The van der Waals surface area contributed by atoms with E-state index in [0.29, 0.717) is 72.7 Å². The van der Waals surface area contributed by atoms with Gasteiger partial charge in [-0.25, -0.2) is 9.80 Å². The molecule has 44 heavy (non-hydrogen) atoms. The van der Waals surface area contributed by atoms with Crippen molar-refractivity contribution in [2.75, 3.05) is 57.8 Å². The highest BCUT2D eigenvalue weighted by Gasteiger charge is 2.35. The van der Waals surface area contributed by atoms with Gasteiger partial charge in [-0.3, -0.25) is 25.1 Å². The van der Waals surface area contributed by atoms with Gasteiger partial charge in [0.25, 0.3) is 0 Å². The van der Waals surface area contributed by atoms with Crippen LogP contribution in [0.1, 0.15) is 35.3 Å². The van der Waals surface area contributed by atoms with Crippen LogP contribution in [0.15, 0.2) is 36.4 Å². The highest BCUT2D eigenvalue weighted by Crippen LogP contribution is 2.43. The second-order valence-electron chi connectivity index (χ2n) is 10.8. The van der Waals surface area contributed by atoms with Crippen LogP contribution >= 0.6 is 49.6 Å². The van der Waals surface area contributed by atoms with Crippen LogP contribution in [0.5, 0.6) is 5.75 Å². The molecule has 15 heteroatoms. The number of carbonyl (C=O) groups excluding carboxylic acids is 2. The Morgan fingerprint density at radius 1 is 1.00 bits per heavy atom. The van der Waals surface area contributed by atoms with Gasteiger partial charge in [-0.1, -0.05) is 12.1 Å². The maximum absolute atomic E-state index is 13.8. The number of H-pyrrole nitrogens is 1. The molecule has 11 nitrogen and oxygen atoms in total. The number of nitrogens with zero attached hydrogens (tertiary/aromatic N) is 4. The van der Waals surface area contributed by atoms with Crippen molar-refractivity contribution in [2.24, 2.45) is 0 Å². The first-order valence-electron chi connectivity index (χ1n) is 13.8. The summed E-state index contributed by atoms with van der Waals surface area (Å²) in [6, 6.07) is 10.9. The summed E-state index contributed by atoms with van der Waals surface area (Å²) in [6.45, 7) is 11.2. The third-order valence-electron chi connectivity index (χ3n) is 7.96. The van der Waals surface area contributed by atoms with E-state index in [0.717, 1.165) is 37.3 Å². The van der Waals surface area contributed by atoms with Gasteiger partial charge >= 0.3 is 6.03 Å². The molecule has 4 N–H and O–H groups in total. The Kier molecular flexibility index (Phi) is 13.7. The van der Waals surface area contributed by atoms with Gasteiger partial charge < -0.3 is 15.2 Å². The zero-order valence-corrected chi connectivity index (χ0v) is 27.8. The van der Waals surface area contributed by atoms with Gasteiger partial charge in [0, 0.05) is 68.5 Å². The molecule has 2 amide bonds. The topological polar surface area (TPSA) is 126 Å². The van der Waals surface area contributed by atoms with Crippen molar-refractivity contribution in [2.45, 2.75) is 26.4 Å². The van der Waals surface area contributed by atoms with E-state index in [-0.39, 0.29) is 61.2 Å². The molecule has 0 bridgehead atoms. The molecule has 0 unspecified atom stereocenters. The van der Waals surface area contributed by atoms with Gasteiger partial charge in [0.05, 0.1) is 35.7 Å². The molecule has 0 atom stereocenters. The molecule has 1 aliphatic carbocycles. The summed E-state index contributed by atoms with van der Waals surface area (Å²) in [5, 5.41) is 22.8. The number of anilines is 1. The number of rotatable bonds is 6. The lowest BCUT2D eigenvalue weighted by atomic mass is 10.0. The first kappa shape index (κ1) is 37.6. The molecule has 0 radical (unpaired) electrons. The largest absolute Gasteiger partial charge is 0.508 e. The first-order valence-corrected chi connectivity index (χ1v) is 13.8. The summed E-state index contributed by atoms with van der Waals surface area (Å²) >= 11 is 0. The number of hydrogen-bond donors (Lipinski definition) is 4. The number of aromatic hydroxyl groups is 1. The normalized spacial score (nSPS) is 16.5. The number of hydrazine groups is 1.